The molecule has 1 heterocycles. The van der Waals surface area contributed by atoms with Crippen LogP contribution in [0.4, 0.5) is 0 Å². The molecule has 2 amide bonds. The summed E-state index contributed by atoms with van der Waals surface area (Å²) in [5.74, 6) is -1.59. The largest absolute Gasteiger partial charge is 0.346 e. The third-order valence-corrected chi connectivity index (χ3v) is 4.24. The molecule has 0 saturated heterocycles. The van der Waals surface area contributed by atoms with Crippen molar-refractivity contribution < 1.29 is 19.1 Å². The molecule has 1 aliphatic rings. The molecular formula is C18H27N3O4. The van der Waals surface area contributed by atoms with Crippen molar-refractivity contribution in [2.75, 3.05) is 13.2 Å². The Balaban J connectivity index is 2.32. The summed E-state index contributed by atoms with van der Waals surface area (Å²) in [6, 6.07) is 2.78. The minimum atomic E-state index is -1.07. The fraction of sp³-hybridized carbons (Fsp3) is 0.611. The van der Waals surface area contributed by atoms with E-state index in [9.17, 15) is 9.59 Å². The van der Waals surface area contributed by atoms with Crippen LogP contribution >= 0.6 is 0 Å². The second-order valence-electron chi connectivity index (χ2n) is 6.05. The van der Waals surface area contributed by atoms with Gasteiger partial charge in [0.25, 0.3) is 0 Å². The fourth-order valence-electron chi connectivity index (χ4n) is 3.27. The number of hydrogen-bond donors (Lipinski definition) is 2. The lowest BCUT2D eigenvalue weighted by molar-refractivity contribution is -0.264. The number of ether oxygens (including phenoxy) is 2. The van der Waals surface area contributed by atoms with Crippen LogP contribution in [0.5, 0.6) is 0 Å². The van der Waals surface area contributed by atoms with Gasteiger partial charge in [-0.1, -0.05) is 6.07 Å². The summed E-state index contributed by atoms with van der Waals surface area (Å²) in [6.45, 7) is 7.69. The molecule has 0 spiro atoms. The Morgan fingerprint density at radius 3 is 2.64 bits per heavy atom. The van der Waals surface area contributed by atoms with Crippen LogP contribution in [-0.2, 0) is 31.3 Å². The molecular weight excluding hydrogens is 322 g/mol. The number of aryl methyl sites for hydroxylation is 1. The van der Waals surface area contributed by atoms with E-state index in [1.807, 2.05) is 26.0 Å². The number of nitrogens with zero attached hydrogens (tertiary/aromatic N) is 1. The van der Waals surface area contributed by atoms with Gasteiger partial charge < -0.3 is 20.1 Å². The van der Waals surface area contributed by atoms with Crippen molar-refractivity contribution >= 4 is 11.8 Å². The number of nitrogens with one attached hydrogen (secondary N) is 2. The van der Waals surface area contributed by atoms with Crippen LogP contribution in [0, 0.1) is 0 Å². The van der Waals surface area contributed by atoms with E-state index >= 15 is 0 Å². The number of aromatic nitrogens is 1. The van der Waals surface area contributed by atoms with Crippen LogP contribution in [-0.4, -0.2) is 42.1 Å². The first kappa shape index (κ1) is 19.3. The molecule has 1 aliphatic carbocycles. The average molecular weight is 349 g/mol. The number of pyridine rings is 1. The van der Waals surface area contributed by atoms with Gasteiger partial charge in [-0.3, -0.25) is 14.6 Å². The highest BCUT2D eigenvalue weighted by Crippen LogP contribution is 2.39. The second-order valence-corrected chi connectivity index (χ2v) is 6.05. The lowest BCUT2D eigenvalue weighted by atomic mass is 9.85. The van der Waals surface area contributed by atoms with E-state index in [-0.39, 0.29) is 17.9 Å². The minimum Gasteiger partial charge on any atom is -0.346 e. The summed E-state index contributed by atoms with van der Waals surface area (Å²) in [6.07, 6.45) is 3.11. The maximum atomic E-state index is 12.5. The van der Waals surface area contributed by atoms with Crippen molar-refractivity contribution in [3.63, 3.8) is 0 Å². The molecule has 0 aromatic carbocycles. The molecule has 7 heteroatoms. The SMILES string of the molecule is CCOC1(OCC)c2cccnc2CCC1NC(=O)[C@H](C)NC(C)=O. The lowest BCUT2D eigenvalue weighted by Gasteiger charge is -2.44. The molecule has 0 radical (unpaired) electrons. The van der Waals surface area contributed by atoms with Gasteiger partial charge in [0.05, 0.1) is 6.04 Å². The minimum absolute atomic E-state index is 0.248. The zero-order valence-corrected chi connectivity index (χ0v) is 15.3. The zero-order valence-electron chi connectivity index (χ0n) is 15.3. The van der Waals surface area contributed by atoms with Crippen LogP contribution < -0.4 is 10.6 Å². The predicted molar refractivity (Wildman–Crippen MR) is 92.7 cm³/mol. The van der Waals surface area contributed by atoms with Crippen LogP contribution in [0.2, 0.25) is 0 Å². The number of rotatable bonds is 7. The summed E-state index contributed by atoms with van der Waals surface area (Å²) >= 11 is 0. The van der Waals surface area contributed by atoms with Gasteiger partial charge in [-0.15, -0.1) is 0 Å². The van der Waals surface area contributed by atoms with Crippen molar-refractivity contribution in [3.05, 3.63) is 29.6 Å². The summed E-state index contributed by atoms with van der Waals surface area (Å²) in [5.41, 5.74) is 1.77. The standard InChI is InChI=1S/C18H27N3O4/c1-5-24-18(25-6-2)14-8-7-11-19-15(14)9-10-16(18)21-17(23)12(3)20-13(4)22/h7-8,11-12,16H,5-6,9-10H2,1-4H3,(H,20,22)(H,21,23)/t12-,16?/m0/s1. The van der Waals surface area contributed by atoms with Crippen molar-refractivity contribution in [3.8, 4) is 0 Å². The fourth-order valence-corrected chi connectivity index (χ4v) is 3.27. The molecule has 7 nitrogen and oxygen atoms in total. The molecule has 2 rings (SSSR count). The Labute approximate surface area is 148 Å². The molecule has 0 aliphatic heterocycles. The Morgan fingerprint density at radius 2 is 2.04 bits per heavy atom. The average Bonchev–Trinajstić information content (AvgIpc) is 2.57. The molecule has 2 N–H and O–H groups in total. The highest BCUT2D eigenvalue weighted by molar-refractivity contribution is 5.86. The number of hydrogen-bond acceptors (Lipinski definition) is 5. The summed E-state index contributed by atoms with van der Waals surface area (Å²) < 4.78 is 12.1. The van der Waals surface area contributed by atoms with E-state index in [1.54, 1.807) is 13.1 Å². The third-order valence-electron chi connectivity index (χ3n) is 4.24. The number of carbonyl (C=O) groups excluding carboxylic acids is 2. The van der Waals surface area contributed by atoms with Crippen molar-refractivity contribution in [1.82, 2.24) is 15.6 Å². The van der Waals surface area contributed by atoms with Gasteiger partial charge in [0, 0.05) is 37.6 Å². The normalized spacial score (nSPS) is 19.6. The Kier molecular flexibility index (Phi) is 6.50. The maximum Gasteiger partial charge on any atom is 0.242 e. The molecule has 1 aromatic heterocycles. The quantitative estimate of drug-likeness (QED) is 0.724. The van der Waals surface area contributed by atoms with E-state index in [0.29, 0.717) is 19.6 Å². The highest BCUT2D eigenvalue weighted by Gasteiger charge is 2.48. The topological polar surface area (TPSA) is 89.6 Å². The molecule has 0 bridgehead atoms. The summed E-state index contributed by atoms with van der Waals surface area (Å²) in [7, 11) is 0. The second kappa shape index (κ2) is 8.40. The Morgan fingerprint density at radius 1 is 1.36 bits per heavy atom. The summed E-state index contributed by atoms with van der Waals surface area (Å²) in [5, 5.41) is 5.59. The van der Waals surface area contributed by atoms with E-state index in [2.05, 4.69) is 15.6 Å². The molecule has 1 unspecified atom stereocenters. The molecule has 0 saturated carbocycles. The van der Waals surface area contributed by atoms with Gasteiger partial charge in [0.15, 0.2) is 0 Å². The van der Waals surface area contributed by atoms with Crippen LogP contribution in [0.1, 0.15) is 45.4 Å². The molecule has 138 valence electrons. The Hall–Kier alpha value is -1.99. The summed E-state index contributed by atoms with van der Waals surface area (Å²) in [4.78, 5) is 28.1. The molecule has 25 heavy (non-hydrogen) atoms. The van der Waals surface area contributed by atoms with Gasteiger partial charge in [-0.2, -0.15) is 0 Å². The van der Waals surface area contributed by atoms with E-state index in [1.165, 1.54) is 6.92 Å². The van der Waals surface area contributed by atoms with Gasteiger partial charge in [0.1, 0.15) is 6.04 Å². The van der Waals surface area contributed by atoms with Crippen LogP contribution in [0.15, 0.2) is 18.3 Å². The number of carbonyl (C=O) groups is 2. The molecule has 0 fully saturated rings. The Bertz CT molecular complexity index is 614. The van der Waals surface area contributed by atoms with Gasteiger partial charge >= 0.3 is 0 Å². The van der Waals surface area contributed by atoms with E-state index in [0.717, 1.165) is 17.7 Å². The van der Waals surface area contributed by atoms with Crippen molar-refractivity contribution in [2.24, 2.45) is 0 Å². The smallest absolute Gasteiger partial charge is 0.242 e. The first-order valence-electron chi connectivity index (χ1n) is 8.74. The van der Waals surface area contributed by atoms with Gasteiger partial charge in [-0.25, -0.2) is 0 Å². The number of fused-ring (bicyclic) bond motifs is 1. The first-order valence-corrected chi connectivity index (χ1v) is 8.74. The molecule has 2 atom stereocenters. The number of amides is 2. The van der Waals surface area contributed by atoms with Gasteiger partial charge in [0.2, 0.25) is 17.6 Å². The highest BCUT2D eigenvalue weighted by atomic mass is 16.7. The molecule has 1 aromatic rings. The first-order chi connectivity index (χ1) is 11.9. The van der Waals surface area contributed by atoms with E-state index in [4.69, 9.17) is 9.47 Å². The monoisotopic (exact) mass is 349 g/mol. The zero-order chi connectivity index (χ0) is 18.4. The van der Waals surface area contributed by atoms with Crippen molar-refractivity contribution in [1.29, 1.82) is 0 Å². The predicted octanol–water partition coefficient (Wildman–Crippen LogP) is 1.26. The van der Waals surface area contributed by atoms with E-state index < -0.39 is 11.8 Å². The maximum absolute atomic E-state index is 12.5. The van der Waals surface area contributed by atoms with Gasteiger partial charge in [-0.05, 0) is 39.7 Å². The lowest BCUT2D eigenvalue weighted by Crippen LogP contribution is -2.59. The van der Waals surface area contributed by atoms with Crippen LogP contribution in [0.3, 0.4) is 0 Å². The van der Waals surface area contributed by atoms with Crippen molar-refractivity contribution in [2.45, 2.75) is 58.4 Å². The van der Waals surface area contributed by atoms with Crippen LogP contribution in [0.25, 0.3) is 0 Å². The third kappa shape index (κ3) is 4.16.